The predicted octanol–water partition coefficient (Wildman–Crippen LogP) is 2.53. The maximum Gasteiger partial charge on any atom is 0.313 e. The predicted molar refractivity (Wildman–Crippen MR) is 79.6 cm³/mol. The van der Waals surface area contributed by atoms with Crippen LogP contribution in [0.2, 0.25) is 0 Å². The van der Waals surface area contributed by atoms with Crippen molar-refractivity contribution in [2.24, 2.45) is 5.16 Å². The molecule has 1 aromatic rings. The molecule has 0 aliphatic rings. The molecule has 0 saturated heterocycles. The second-order valence-electron chi connectivity index (χ2n) is 4.45. The van der Waals surface area contributed by atoms with Gasteiger partial charge in [-0.15, -0.1) is 0 Å². The number of nitrogens with one attached hydrogen (secondary N) is 1. The molecule has 1 unspecified atom stereocenters. The molecule has 1 rings (SSSR count). The summed E-state index contributed by atoms with van der Waals surface area (Å²) >= 11 is 0. The largest absolute Gasteiger partial charge is 0.466 e. The fraction of sp³-hybridized carbons (Fsp3) is 0.400. The molecule has 0 fully saturated rings. The number of oxime groups is 1. The van der Waals surface area contributed by atoms with Crippen molar-refractivity contribution in [2.75, 3.05) is 11.9 Å². The molecule has 1 atom stereocenters. The van der Waals surface area contributed by atoms with Gasteiger partial charge in [0.2, 0.25) is 0 Å². The molecule has 114 valence electrons. The monoisotopic (exact) mass is 292 g/mol. The van der Waals surface area contributed by atoms with Gasteiger partial charge in [0.15, 0.2) is 0 Å². The highest BCUT2D eigenvalue weighted by Gasteiger charge is 2.20. The Labute approximate surface area is 123 Å². The van der Waals surface area contributed by atoms with E-state index in [2.05, 4.69) is 10.5 Å². The Morgan fingerprint density at radius 2 is 2.00 bits per heavy atom. The van der Waals surface area contributed by atoms with Crippen LogP contribution in [-0.4, -0.2) is 29.9 Å². The van der Waals surface area contributed by atoms with Gasteiger partial charge in [-0.3, -0.25) is 9.59 Å². The van der Waals surface area contributed by atoms with Crippen molar-refractivity contribution >= 4 is 23.8 Å². The Bertz CT molecular complexity index is 497. The highest BCUT2D eigenvalue weighted by Crippen LogP contribution is 2.24. The maximum absolute atomic E-state index is 11.9. The third-order valence-corrected chi connectivity index (χ3v) is 2.90. The number of ether oxygens (including phenoxy) is 1. The van der Waals surface area contributed by atoms with Crippen LogP contribution in [0, 0.1) is 0 Å². The number of hydrogen-bond acceptors (Lipinski definition) is 5. The van der Waals surface area contributed by atoms with E-state index in [1.807, 2.05) is 6.92 Å². The molecule has 21 heavy (non-hydrogen) atoms. The molecule has 0 aliphatic heterocycles. The topological polar surface area (TPSA) is 88.0 Å². The van der Waals surface area contributed by atoms with Crippen LogP contribution < -0.4 is 5.32 Å². The minimum atomic E-state index is -0.527. The molecule has 0 spiro atoms. The first-order valence-electron chi connectivity index (χ1n) is 6.87. The Morgan fingerprint density at radius 3 is 2.52 bits per heavy atom. The fourth-order valence-electron chi connectivity index (χ4n) is 1.98. The molecular formula is C15H20N2O4. The molecule has 1 amide bonds. The van der Waals surface area contributed by atoms with Gasteiger partial charge in [-0.05, 0) is 31.0 Å². The van der Waals surface area contributed by atoms with E-state index < -0.39 is 5.91 Å². The normalized spacial score (nSPS) is 12.1. The van der Waals surface area contributed by atoms with Crippen molar-refractivity contribution in [1.82, 2.24) is 0 Å². The lowest BCUT2D eigenvalue weighted by Gasteiger charge is -2.15. The molecule has 0 radical (unpaired) electrons. The van der Waals surface area contributed by atoms with E-state index in [0.717, 1.165) is 18.2 Å². The zero-order valence-corrected chi connectivity index (χ0v) is 12.2. The fourth-order valence-corrected chi connectivity index (χ4v) is 1.98. The van der Waals surface area contributed by atoms with Gasteiger partial charge in [-0.2, -0.15) is 0 Å². The summed E-state index contributed by atoms with van der Waals surface area (Å²) in [6.07, 6.45) is 2.35. The van der Waals surface area contributed by atoms with Gasteiger partial charge in [0.25, 0.3) is 5.91 Å². The zero-order valence-electron chi connectivity index (χ0n) is 12.2. The molecule has 0 aromatic heterocycles. The Morgan fingerprint density at radius 1 is 1.33 bits per heavy atom. The van der Waals surface area contributed by atoms with Gasteiger partial charge in [-0.25, -0.2) is 0 Å². The molecular weight excluding hydrogens is 272 g/mol. The number of esters is 1. The number of hydrogen-bond donors (Lipinski definition) is 2. The van der Waals surface area contributed by atoms with Crippen molar-refractivity contribution in [2.45, 2.75) is 32.6 Å². The van der Waals surface area contributed by atoms with E-state index >= 15 is 0 Å². The number of carbonyl (C=O) groups excluding carboxylic acids is 2. The standard InChI is InChI=1S/C15H20N2O4/c1-3-5-13(15(19)21-4-2)11-6-8-12(9-7-11)17-14(18)10-16-20/h6-10,13,20H,3-5H2,1-2H3,(H,17,18)/b16-10-. The smallest absolute Gasteiger partial charge is 0.313 e. The second kappa shape index (κ2) is 8.73. The van der Waals surface area contributed by atoms with Gasteiger partial charge >= 0.3 is 5.97 Å². The van der Waals surface area contributed by atoms with Crippen molar-refractivity contribution in [3.8, 4) is 0 Å². The highest BCUT2D eigenvalue weighted by molar-refractivity contribution is 6.31. The third kappa shape index (κ3) is 5.25. The van der Waals surface area contributed by atoms with Crippen LogP contribution >= 0.6 is 0 Å². The minimum Gasteiger partial charge on any atom is -0.466 e. The van der Waals surface area contributed by atoms with E-state index in [1.54, 1.807) is 31.2 Å². The summed E-state index contributed by atoms with van der Waals surface area (Å²) in [7, 11) is 0. The van der Waals surface area contributed by atoms with Crippen molar-refractivity contribution < 1.29 is 19.5 Å². The minimum absolute atomic E-state index is 0.233. The first kappa shape index (κ1) is 16.7. The molecule has 0 bridgehead atoms. The van der Waals surface area contributed by atoms with E-state index in [4.69, 9.17) is 9.94 Å². The van der Waals surface area contributed by atoms with Crippen LogP contribution in [0.3, 0.4) is 0 Å². The Balaban J connectivity index is 2.82. The first-order chi connectivity index (χ1) is 10.1. The number of anilines is 1. The lowest BCUT2D eigenvalue weighted by Crippen LogP contribution is -2.16. The number of rotatable bonds is 7. The lowest BCUT2D eigenvalue weighted by atomic mass is 9.94. The SMILES string of the molecule is CCCC(C(=O)OCC)c1ccc(NC(=O)/C=N\O)cc1. The first-order valence-corrected chi connectivity index (χ1v) is 6.87. The molecule has 0 aliphatic carbocycles. The average molecular weight is 292 g/mol. The second-order valence-corrected chi connectivity index (χ2v) is 4.45. The lowest BCUT2D eigenvalue weighted by molar-refractivity contribution is -0.145. The number of benzene rings is 1. The Kier molecular flexibility index (Phi) is 6.94. The van der Waals surface area contributed by atoms with Gasteiger partial charge < -0.3 is 15.3 Å². The number of nitrogens with zero attached hydrogens (tertiary/aromatic N) is 1. The summed E-state index contributed by atoms with van der Waals surface area (Å²) in [5.74, 6) is -1.05. The quantitative estimate of drug-likeness (QED) is 0.350. The molecule has 1 aromatic carbocycles. The zero-order chi connectivity index (χ0) is 15.7. The Hall–Kier alpha value is -2.37. The summed E-state index contributed by atoms with van der Waals surface area (Å²) in [6.45, 7) is 4.14. The van der Waals surface area contributed by atoms with E-state index in [0.29, 0.717) is 18.7 Å². The molecule has 0 saturated carbocycles. The summed E-state index contributed by atoms with van der Waals surface area (Å²) in [5.41, 5.74) is 1.41. The molecule has 6 heteroatoms. The van der Waals surface area contributed by atoms with Gasteiger partial charge in [0, 0.05) is 5.69 Å². The van der Waals surface area contributed by atoms with Crippen LogP contribution in [0.25, 0.3) is 0 Å². The summed E-state index contributed by atoms with van der Waals surface area (Å²) in [6, 6.07) is 6.95. The summed E-state index contributed by atoms with van der Waals surface area (Å²) in [5, 5.41) is 13.4. The van der Waals surface area contributed by atoms with Gasteiger partial charge in [0.05, 0.1) is 12.5 Å². The third-order valence-electron chi connectivity index (χ3n) is 2.90. The van der Waals surface area contributed by atoms with E-state index in [-0.39, 0.29) is 11.9 Å². The number of carbonyl (C=O) groups is 2. The maximum atomic E-state index is 11.9. The van der Waals surface area contributed by atoms with Gasteiger partial charge in [0.1, 0.15) is 6.21 Å². The van der Waals surface area contributed by atoms with Crippen molar-refractivity contribution in [3.63, 3.8) is 0 Å². The van der Waals surface area contributed by atoms with Crippen LogP contribution in [0.5, 0.6) is 0 Å². The van der Waals surface area contributed by atoms with E-state index in [9.17, 15) is 9.59 Å². The number of amides is 1. The van der Waals surface area contributed by atoms with Crippen molar-refractivity contribution in [1.29, 1.82) is 0 Å². The van der Waals surface area contributed by atoms with Crippen molar-refractivity contribution in [3.05, 3.63) is 29.8 Å². The highest BCUT2D eigenvalue weighted by atomic mass is 16.5. The van der Waals surface area contributed by atoms with Crippen LogP contribution in [0.4, 0.5) is 5.69 Å². The molecule has 0 heterocycles. The summed E-state index contributed by atoms with van der Waals surface area (Å²) in [4.78, 5) is 23.2. The van der Waals surface area contributed by atoms with Crippen LogP contribution in [-0.2, 0) is 14.3 Å². The molecule has 2 N–H and O–H groups in total. The molecule has 6 nitrogen and oxygen atoms in total. The van der Waals surface area contributed by atoms with Gasteiger partial charge in [-0.1, -0.05) is 30.6 Å². The summed E-state index contributed by atoms with van der Waals surface area (Å²) < 4.78 is 5.08. The van der Waals surface area contributed by atoms with Crippen LogP contribution in [0.15, 0.2) is 29.4 Å². The van der Waals surface area contributed by atoms with E-state index in [1.165, 1.54) is 0 Å². The van der Waals surface area contributed by atoms with Crippen LogP contribution in [0.1, 0.15) is 38.2 Å². The average Bonchev–Trinajstić information content (AvgIpc) is 2.46.